The molecular formula is C11H16O4. The highest BCUT2D eigenvalue weighted by Gasteiger charge is 2.59. The zero-order chi connectivity index (χ0) is 11.1. The van der Waals surface area contributed by atoms with Gasteiger partial charge in [0.05, 0.1) is 12.7 Å². The molecule has 2 aliphatic carbocycles. The summed E-state index contributed by atoms with van der Waals surface area (Å²) in [6.45, 7) is 2.01. The molecule has 2 saturated carbocycles. The maximum Gasteiger partial charge on any atom is 0.319 e. The van der Waals surface area contributed by atoms with Gasteiger partial charge in [-0.3, -0.25) is 9.59 Å². The van der Waals surface area contributed by atoms with Crippen LogP contribution in [0.1, 0.15) is 32.6 Å². The summed E-state index contributed by atoms with van der Waals surface area (Å²) >= 11 is 0. The molecule has 2 rings (SSSR count). The fourth-order valence-corrected chi connectivity index (χ4v) is 2.22. The van der Waals surface area contributed by atoms with Gasteiger partial charge in [0.2, 0.25) is 0 Å². The molecule has 0 aromatic carbocycles. The molecule has 4 nitrogen and oxygen atoms in total. The van der Waals surface area contributed by atoms with Gasteiger partial charge in [-0.15, -0.1) is 0 Å². The van der Waals surface area contributed by atoms with Gasteiger partial charge < -0.3 is 9.84 Å². The molecule has 84 valence electrons. The first kappa shape index (κ1) is 10.6. The number of carbonyl (C=O) groups is 2. The van der Waals surface area contributed by atoms with E-state index in [-0.39, 0.29) is 31.1 Å². The van der Waals surface area contributed by atoms with E-state index in [2.05, 4.69) is 0 Å². The number of rotatable bonds is 4. The van der Waals surface area contributed by atoms with Crippen LogP contribution < -0.4 is 0 Å². The number of Topliss-reactive ketones (excluding diaryl/α,β-unsaturated/α-hetero) is 1. The maximum absolute atomic E-state index is 12.0. The van der Waals surface area contributed by atoms with E-state index in [4.69, 9.17) is 4.74 Å². The zero-order valence-electron chi connectivity index (χ0n) is 8.86. The first-order chi connectivity index (χ1) is 7.10. The zero-order valence-corrected chi connectivity index (χ0v) is 8.86. The molecule has 0 radical (unpaired) electrons. The highest BCUT2D eigenvalue weighted by atomic mass is 16.5. The van der Waals surface area contributed by atoms with Crippen molar-refractivity contribution in [1.29, 1.82) is 0 Å². The van der Waals surface area contributed by atoms with E-state index in [9.17, 15) is 14.7 Å². The third kappa shape index (κ3) is 1.67. The molecule has 0 bridgehead atoms. The Morgan fingerprint density at radius 2 is 2.00 bits per heavy atom. The highest BCUT2D eigenvalue weighted by molar-refractivity contribution is 6.06. The van der Waals surface area contributed by atoms with Gasteiger partial charge in [-0.05, 0) is 32.6 Å². The quantitative estimate of drug-likeness (QED) is 0.549. The smallest absolute Gasteiger partial charge is 0.319 e. The Morgan fingerprint density at radius 3 is 2.40 bits per heavy atom. The minimum absolute atomic E-state index is 0.00810. The van der Waals surface area contributed by atoms with Crippen LogP contribution in [0.4, 0.5) is 0 Å². The van der Waals surface area contributed by atoms with Gasteiger partial charge in [-0.2, -0.15) is 0 Å². The lowest BCUT2D eigenvalue weighted by molar-refractivity contribution is -0.175. The second-order valence-electron chi connectivity index (χ2n) is 4.50. The van der Waals surface area contributed by atoms with E-state index in [1.165, 1.54) is 0 Å². The van der Waals surface area contributed by atoms with Crippen molar-refractivity contribution in [3.63, 3.8) is 0 Å². The number of esters is 1. The summed E-state index contributed by atoms with van der Waals surface area (Å²) in [4.78, 5) is 23.7. The van der Waals surface area contributed by atoms with Crippen LogP contribution in [0.2, 0.25) is 0 Å². The number of hydrogen-bond acceptors (Lipinski definition) is 4. The minimum Gasteiger partial charge on any atom is -0.465 e. The van der Waals surface area contributed by atoms with Gasteiger partial charge in [0, 0.05) is 5.92 Å². The Balaban J connectivity index is 2.10. The molecule has 0 aliphatic heterocycles. The standard InChI is InChI=1S/C11H16O4/c1-2-15-10(14)11(5-8(12)6-11)9(13)7-3-4-7/h7-8,12H,2-6H2,1H3. The third-order valence-corrected chi connectivity index (χ3v) is 3.25. The van der Waals surface area contributed by atoms with E-state index in [1.54, 1.807) is 6.92 Å². The second kappa shape index (κ2) is 3.59. The Hall–Kier alpha value is -0.900. The molecule has 0 saturated heterocycles. The summed E-state index contributed by atoms with van der Waals surface area (Å²) in [7, 11) is 0. The van der Waals surface area contributed by atoms with E-state index in [0.29, 0.717) is 0 Å². The van der Waals surface area contributed by atoms with Crippen molar-refractivity contribution < 1.29 is 19.4 Å². The number of hydrogen-bond donors (Lipinski definition) is 1. The van der Waals surface area contributed by atoms with E-state index < -0.39 is 17.5 Å². The maximum atomic E-state index is 12.0. The fraction of sp³-hybridized carbons (Fsp3) is 0.818. The van der Waals surface area contributed by atoms with Crippen molar-refractivity contribution in [2.24, 2.45) is 11.3 Å². The molecule has 0 heterocycles. The topological polar surface area (TPSA) is 63.6 Å². The molecule has 0 spiro atoms. The van der Waals surface area contributed by atoms with Crippen LogP contribution in [-0.4, -0.2) is 29.6 Å². The van der Waals surface area contributed by atoms with Gasteiger partial charge in [-0.1, -0.05) is 0 Å². The third-order valence-electron chi connectivity index (χ3n) is 3.25. The van der Waals surface area contributed by atoms with Crippen molar-refractivity contribution in [3.8, 4) is 0 Å². The lowest BCUT2D eigenvalue weighted by atomic mass is 9.63. The second-order valence-corrected chi connectivity index (χ2v) is 4.50. The molecule has 15 heavy (non-hydrogen) atoms. The summed E-state index contributed by atoms with van der Waals surface area (Å²) in [5, 5.41) is 9.29. The predicted molar refractivity (Wildman–Crippen MR) is 52.0 cm³/mol. The van der Waals surface area contributed by atoms with Crippen LogP contribution in [0.3, 0.4) is 0 Å². The van der Waals surface area contributed by atoms with Crippen LogP contribution >= 0.6 is 0 Å². The molecule has 0 atom stereocenters. The number of aliphatic hydroxyl groups excluding tert-OH is 1. The number of carbonyl (C=O) groups excluding carboxylic acids is 2. The van der Waals surface area contributed by atoms with Crippen LogP contribution in [0, 0.1) is 11.3 Å². The van der Waals surface area contributed by atoms with E-state index in [1.807, 2.05) is 0 Å². The monoisotopic (exact) mass is 212 g/mol. The molecule has 2 aliphatic rings. The van der Waals surface area contributed by atoms with Gasteiger partial charge in [0.25, 0.3) is 0 Å². The van der Waals surface area contributed by atoms with E-state index in [0.717, 1.165) is 12.8 Å². The molecule has 0 aromatic heterocycles. The van der Waals surface area contributed by atoms with Crippen molar-refractivity contribution in [2.45, 2.75) is 38.7 Å². The minimum atomic E-state index is -1.00. The lowest BCUT2D eigenvalue weighted by Crippen LogP contribution is -2.53. The largest absolute Gasteiger partial charge is 0.465 e. The first-order valence-electron chi connectivity index (χ1n) is 5.50. The summed E-state index contributed by atoms with van der Waals surface area (Å²) in [5.41, 5.74) is -1.00. The van der Waals surface area contributed by atoms with Crippen molar-refractivity contribution in [2.75, 3.05) is 6.61 Å². The Kier molecular flexibility index (Phi) is 2.54. The molecule has 1 N–H and O–H groups in total. The van der Waals surface area contributed by atoms with Crippen molar-refractivity contribution >= 4 is 11.8 Å². The summed E-state index contributed by atoms with van der Waals surface area (Å²) in [6.07, 6.45) is 1.76. The van der Waals surface area contributed by atoms with Gasteiger partial charge in [0.15, 0.2) is 5.78 Å². The average Bonchev–Trinajstić information content (AvgIpc) is 2.94. The van der Waals surface area contributed by atoms with Crippen LogP contribution in [0.15, 0.2) is 0 Å². The van der Waals surface area contributed by atoms with Crippen LogP contribution in [0.5, 0.6) is 0 Å². The molecular weight excluding hydrogens is 196 g/mol. The Morgan fingerprint density at radius 1 is 1.40 bits per heavy atom. The number of ketones is 1. The summed E-state index contributed by atoms with van der Waals surface area (Å²) < 4.78 is 4.93. The predicted octanol–water partition coefficient (Wildman–Crippen LogP) is 0.670. The summed E-state index contributed by atoms with van der Waals surface area (Å²) in [6, 6.07) is 0. The SMILES string of the molecule is CCOC(=O)C1(C(=O)C2CC2)CC(O)C1. The average molecular weight is 212 g/mol. The Bertz CT molecular complexity index is 287. The van der Waals surface area contributed by atoms with E-state index >= 15 is 0 Å². The van der Waals surface area contributed by atoms with Crippen molar-refractivity contribution in [3.05, 3.63) is 0 Å². The normalized spacial score (nSPS) is 34.4. The van der Waals surface area contributed by atoms with Gasteiger partial charge >= 0.3 is 5.97 Å². The molecule has 0 amide bonds. The molecule has 0 aromatic rings. The lowest BCUT2D eigenvalue weighted by Gasteiger charge is -2.41. The molecule has 2 fully saturated rings. The van der Waals surface area contributed by atoms with Crippen LogP contribution in [0.25, 0.3) is 0 Å². The highest BCUT2D eigenvalue weighted by Crippen LogP contribution is 2.49. The van der Waals surface area contributed by atoms with Crippen LogP contribution in [-0.2, 0) is 14.3 Å². The number of ether oxygens (including phenoxy) is 1. The molecule has 4 heteroatoms. The molecule has 0 unspecified atom stereocenters. The fourth-order valence-electron chi connectivity index (χ4n) is 2.22. The van der Waals surface area contributed by atoms with Crippen molar-refractivity contribution in [1.82, 2.24) is 0 Å². The van der Waals surface area contributed by atoms with Gasteiger partial charge in [0.1, 0.15) is 5.41 Å². The van der Waals surface area contributed by atoms with Gasteiger partial charge in [-0.25, -0.2) is 0 Å². The number of aliphatic hydroxyl groups is 1. The summed E-state index contributed by atoms with van der Waals surface area (Å²) in [5.74, 6) is -0.402. The Labute approximate surface area is 88.6 Å². The first-order valence-corrected chi connectivity index (χ1v) is 5.50.